The van der Waals surface area contributed by atoms with Gasteiger partial charge in [0.1, 0.15) is 0 Å². The van der Waals surface area contributed by atoms with Crippen LogP contribution in [0.1, 0.15) is 25.5 Å². The molecule has 0 spiro atoms. The van der Waals surface area contributed by atoms with Crippen molar-refractivity contribution in [2.75, 3.05) is 13.6 Å². The van der Waals surface area contributed by atoms with Crippen molar-refractivity contribution in [2.24, 2.45) is 7.05 Å². The average Bonchev–Trinajstić information content (AvgIpc) is 2.65. The molecule has 0 saturated carbocycles. The van der Waals surface area contributed by atoms with Gasteiger partial charge >= 0.3 is 5.76 Å². The van der Waals surface area contributed by atoms with Crippen molar-refractivity contribution in [2.45, 2.75) is 25.9 Å². The number of nitrogens with one attached hydrogen (secondary N) is 2. The summed E-state index contributed by atoms with van der Waals surface area (Å²) >= 11 is 0. The van der Waals surface area contributed by atoms with Crippen LogP contribution in [0.3, 0.4) is 0 Å². The number of hydrogen-bond acceptors (Lipinski definition) is 4. The number of likely N-dealkylation sites (N-methyl/N-ethyl adjacent to an activating group) is 1. The molecule has 0 aliphatic heterocycles. The van der Waals surface area contributed by atoms with Crippen molar-refractivity contribution in [1.82, 2.24) is 15.2 Å². The Morgan fingerprint density at radius 2 is 2.11 bits per heavy atom. The number of oxazole rings is 1. The first-order valence-corrected chi connectivity index (χ1v) is 6.53. The Bertz CT molecular complexity index is 613. The first kappa shape index (κ1) is 13.8. The number of benzene rings is 1. The normalized spacial score (nSPS) is 13.3. The van der Waals surface area contributed by atoms with Crippen molar-refractivity contribution < 1.29 is 4.42 Å². The summed E-state index contributed by atoms with van der Waals surface area (Å²) in [5.74, 6) is -0.325. The zero-order valence-corrected chi connectivity index (χ0v) is 11.9. The van der Waals surface area contributed by atoms with Gasteiger partial charge in [-0.15, -0.1) is 0 Å². The molecule has 1 aromatic carbocycles. The molecule has 104 valence electrons. The lowest BCUT2D eigenvalue weighted by atomic mass is 10.1. The van der Waals surface area contributed by atoms with Gasteiger partial charge in [0.25, 0.3) is 0 Å². The van der Waals surface area contributed by atoms with Gasteiger partial charge in [0.2, 0.25) is 0 Å². The summed E-state index contributed by atoms with van der Waals surface area (Å²) in [6.07, 6.45) is 0. The quantitative estimate of drug-likeness (QED) is 0.856. The van der Waals surface area contributed by atoms with E-state index in [4.69, 9.17) is 4.42 Å². The SMILES string of the molecule is CNC(CNC(C)C)c1ccc2c(c1)oc(=O)n2C. The molecule has 1 aromatic heterocycles. The Morgan fingerprint density at radius 3 is 2.74 bits per heavy atom. The van der Waals surface area contributed by atoms with Crippen LogP contribution in [-0.2, 0) is 7.05 Å². The van der Waals surface area contributed by atoms with E-state index < -0.39 is 0 Å². The molecule has 2 N–H and O–H groups in total. The molecule has 5 heteroatoms. The van der Waals surface area contributed by atoms with Crippen LogP contribution in [0.4, 0.5) is 0 Å². The van der Waals surface area contributed by atoms with E-state index in [1.807, 2.05) is 25.2 Å². The van der Waals surface area contributed by atoms with E-state index in [1.165, 1.54) is 4.57 Å². The van der Waals surface area contributed by atoms with Crippen LogP contribution in [-0.4, -0.2) is 24.2 Å². The molecule has 0 bridgehead atoms. The van der Waals surface area contributed by atoms with E-state index in [9.17, 15) is 4.79 Å². The summed E-state index contributed by atoms with van der Waals surface area (Å²) in [6.45, 7) is 5.06. The van der Waals surface area contributed by atoms with E-state index in [0.717, 1.165) is 17.6 Å². The highest BCUT2D eigenvalue weighted by atomic mass is 16.4. The van der Waals surface area contributed by atoms with Crippen molar-refractivity contribution in [3.8, 4) is 0 Å². The molecular formula is C14H21N3O2. The van der Waals surface area contributed by atoms with Gasteiger partial charge in [-0.05, 0) is 24.7 Å². The zero-order valence-electron chi connectivity index (χ0n) is 11.9. The number of aromatic nitrogens is 1. The number of fused-ring (bicyclic) bond motifs is 1. The van der Waals surface area contributed by atoms with Crippen molar-refractivity contribution in [3.63, 3.8) is 0 Å². The molecule has 5 nitrogen and oxygen atoms in total. The topological polar surface area (TPSA) is 59.2 Å². The van der Waals surface area contributed by atoms with Gasteiger partial charge in [0.05, 0.1) is 5.52 Å². The number of aryl methyl sites for hydroxylation is 1. The van der Waals surface area contributed by atoms with Crippen LogP contribution < -0.4 is 16.4 Å². The Balaban J connectivity index is 2.30. The lowest BCUT2D eigenvalue weighted by molar-refractivity contribution is 0.490. The zero-order chi connectivity index (χ0) is 14.0. The molecule has 1 atom stereocenters. The second kappa shape index (κ2) is 5.59. The maximum atomic E-state index is 11.5. The molecule has 0 amide bonds. The van der Waals surface area contributed by atoms with E-state index in [2.05, 4.69) is 24.5 Å². The van der Waals surface area contributed by atoms with Crippen LogP contribution in [0.15, 0.2) is 27.4 Å². The van der Waals surface area contributed by atoms with Gasteiger partial charge in [0.15, 0.2) is 5.58 Å². The Labute approximate surface area is 112 Å². The third-order valence-electron chi connectivity index (χ3n) is 3.30. The molecule has 1 unspecified atom stereocenters. The van der Waals surface area contributed by atoms with E-state index in [1.54, 1.807) is 7.05 Å². The van der Waals surface area contributed by atoms with Gasteiger partial charge in [-0.3, -0.25) is 4.57 Å². The minimum absolute atomic E-state index is 0.192. The molecular weight excluding hydrogens is 242 g/mol. The first-order valence-electron chi connectivity index (χ1n) is 6.53. The minimum Gasteiger partial charge on any atom is -0.408 e. The fourth-order valence-electron chi connectivity index (χ4n) is 2.11. The van der Waals surface area contributed by atoms with Gasteiger partial charge in [0, 0.05) is 25.7 Å². The summed E-state index contributed by atoms with van der Waals surface area (Å²) in [5.41, 5.74) is 2.56. The highest BCUT2D eigenvalue weighted by Gasteiger charge is 2.13. The second-order valence-electron chi connectivity index (χ2n) is 5.06. The Kier molecular flexibility index (Phi) is 4.07. The van der Waals surface area contributed by atoms with E-state index >= 15 is 0 Å². The van der Waals surface area contributed by atoms with Crippen LogP contribution in [0.2, 0.25) is 0 Å². The molecule has 2 aromatic rings. The largest absolute Gasteiger partial charge is 0.419 e. The fraction of sp³-hybridized carbons (Fsp3) is 0.500. The van der Waals surface area contributed by atoms with Gasteiger partial charge < -0.3 is 15.1 Å². The molecule has 0 aliphatic rings. The number of rotatable bonds is 5. The monoisotopic (exact) mass is 263 g/mol. The summed E-state index contributed by atoms with van der Waals surface area (Å²) in [4.78, 5) is 11.5. The van der Waals surface area contributed by atoms with E-state index in [0.29, 0.717) is 11.6 Å². The molecule has 0 radical (unpaired) electrons. The third kappa shape index (κ3) is 2.88. The molecule has 19 heavy (non-hydrogen) atoms. The van der Waals surface area contributed by atoms with Gasteiger partial charge in [-0.2, -0.15) is 0 Å². The maximum absolute atomic E-state index is 11.5. The van der Waals surface area contributed by atoms with Crippen molar-refractivity contribution in [1.29, 1.82) is 0 Å². The molecule has 0 saturated heterocycles. The average molecular weight is 263 g/mol. The van der Waals surface area contributed by atoms with Gasteiger partial charge in [-0.1, -0.05) is 19.9 Å². The standard InChI is InChI=1S/C14H21N3O2/c1-9(2)16-8-11(15-3)10-5-6-12-13(7-10)19-14(18)17(12)4/h5-7,9,11,15-16H,8H2,1-4H3. The Hall–Kier alpha value is -1.59. The molecule has 0 fully saturated rings. The highest BCUT2D eigenvalue weighted by Crippen LogP contribution is 2.19. The second-order valence-corrected chi connectivity index (χ2v) is 5.06. The maximum Gasteiger partial charge on any atom is 0.419 e. The van der Waals surface area contributed by atoms with E-state index in [-0.39, 0.29) is 11.8 Å². The third-order valence-corrected chi connectivity index (χ3v) is 3.30. The van der Waals surface area contributed by atoms with Crippen LogP contribution in [0, 0.1) is 0 Å². The first-order chi connectivity index (χ1) is 9.02. The van der Waals surface area contributed by atoms with Crippen LogP contribution in [0.25, 0.3) is 11.1 Å². The predicted molar refractivity (Wildman–Crippen MR) is 76.4 cm³/mol. The molecule has 2 rings (SSSR count). The van der Waals surface area contributed by atoms with Gasteiger partial charge in [-0.25, -0.2) is 4.79 Å². The minimum atomic E-state index is -0.325. The number of nitrogens with zero attached hydrogens (tertiary/aromatic N) is 1. The smallest absolute Gasteiger partial charge is 0.408 e. The van der Waals surface area contributed by atoms with Crippen molar-refractivity contribution in [3.05, 3.63) is 34.3 Å². The van der Waals surface area contributed by atoms with Crippen LogP contribution >= 0.6 is 0 Å². The number of hydrogen-bond donors (Lipinski definition) is 2. The van der Waals surface area contributed by atoms with Crippen molar-refractivity contribution >= 4 is 11.1 Å². The summed E-state index contributed by atoms with van der Waals surface area (Å²) in [6, 6.07) is 6.52. The summed E-state index contributed by atoms with van der Waals surface area (Å²) in [5, 5.41) is 6.67. The lowest BCUT2D eigenvalue weighted by Gasteiger charge is -2.19. The fourth-order valence-corrected chi connectivity index (χ4v) is 2.11. The predicted octanol–water partition coefficient (Wildman–Crippen LogP) is 1.39. The van der Waals surface area contributed by atoms with Crippen LogP contribution in [0.5, 0.6) is 0 Å². The molecule has 1 heterocycles. The highest BCUT2D eigenvalue weighted by molar-refractivity contribution is 5.73. The molecule has 0 aliphatic carbocycles. The summed E-state index contributed by atoms with van der Waals surface area (Å²) < 4.78 is 6.73. The summed E-state index contributed by atoms with van der Waals surface area (Å²) in [7, 11) is 3.64. The Morgan fingerprint density at radius 1 is 1.37 bits per heavy atom. The lowest BCUT2D eigenvalue weighted by Crippen LogP contribution is -2.33.